The molecule has 5 nitrogen and oxygen atoms in total. The quantitative estimate of drug-likeness (QED) is 0.718. The molecule has 20 heavy (non-hydrogen) atoms. The molecule has 2 atom stereocenters. The zero-order chi connectivity index (χ0) is 14.9. The van der Waals surface area contributed by atoms with E-state index in [1.807, 2.05) is 13.8 Å². The van der Waals surface area contributed by atoms with Crippen LogP contribution in [0.25, 0.3) is 0 Å². The van der Waals surface area contributed by atoms with Gasteiger partial charge in [-0.25, -0.2) is 0 Å². The fraction of sp³-hybridized carbons (Fsp3) is 0.467. The van der Waals surface area contributed by atoms with E-state index in [2.05, 4.69) is 22.9 Å². The molecule has 0 aromatic rings. The minimum atomic E-state index is -0.202. The lowest BCUT2D eigenvalue weighted by Gasteiger charge is -2.19. The summed E-state index contributed by atoms with van der Waals surface area (Å²) >= 11 is 0. The zero-order valence-corrected chi connectivity index (χ0v) is 12.3. The fourth-order valence-electron chi connectivity index (χ4n) is 2.13. The second kappa shape index (κ2) is 5.53. The zero-order valence-electron chi connectivity index (χ0n) is 12.3. The van der Waals surface area contributed by atoms with Crippen molar-refractivity contribution in [1.82, 2.24) is 16.0 Å². The smallest absolute Gasteiger partial charge is 0.253 e. The molecule has 1 fully saturated rings. The van der Waals surface area contributed by atoms with E-state index in [1.54, 1.807) is 19.3 Å². The highest BCUT2D eigenvalue weighted by atomic mass is 16.2. The molecule has 0 saturated heterocycles. The molecular formula is C15H21N3O2. The maximum absolute atomic E-state index is 12.1. The van der Waals surface area contributed by atoms with Crippen LogP contribution in [0.1, 0.15) is 27.2 Å². The lowest BCUT2D eigenvalue weighted by Crippen LogP contribution is -2.32. The molecule has 0 aromatic carbocycles. The number of amides is 2. The van der Waals surface area contributed by atoms with Crippen molar-refractivity contribution in [3.05, 3.63) is 34.7 Å². The predicted octanol–water partition coefficient (Wildman–Crippen LogP) is 0.964. The molecule has 0 spiro atoms. The van der Waals surface area contributed by atoms with Gasteiger partial charge in [0.25, 0.3) is 11.8 Å². The molecule has 1 unspecified atom stereocenters. The van der Waals surface area contributed by atoms with Gasteiger partial charge in [-0.3, -0.25) is 9.59 Å². The van der Waals surface area contributed by atoms with E-state index in [9.17, 15) is 9.59 Å². The number of dihydropyridines is 1. The Kier molecular flexibility index (Phi) is 3.97. The summed E-state index contributed by atoms with van der Waals surface area (Å²) in [5.41, 5.74) is 2.71. The molecule has 2 amide bonds. The molecule has 2 rings (SSSR count). The van der Waals surface area contributed by atoms with Crippen molar-refractivity contribution in [2.24, 2.45) is 5.92 Å². The Morgan fingerprint density at radius 3 is 2.45 bits per heavy atom. The average Bonchev–Trinajstić information content (AvgIpc) is 3.12. The van der Waals surface area contributed by atoms with E-state index in [0.29, 0.717) is 17.1 Å². The van der Waals surface area contributed by atoms with Crippen LogP contribution in [0.5, 0.6) is 0 Å². The van der Waals surface area contributed by atoms with E-state index >= 15 is 0 Å². The maximum Gasteiger partial charge on any atom is 0.253 e. The Bertz CT molecular complexity index is 539. The molecule has 1 aliphatic carbocycles. The summed E-state index contributed by atoms with van der Waals surface area (Å²) in [7, 11) is 1.58. The molecule has 0 aromatic heterocycles. The summed E-state index contributed by atoms with van der Waals surface area (Å²) in [6.07, 6.45) is 4.31. The number of likely N-dealkylation sites (N-methyl/N-ethyl adjacent to an activating group) is 1. The second-order valence-electron chi connectivity index (χ2n) is 5.55. The number of nitrogens with one attached hydrogen (secondary N) is 3. The monoisotopic (exact) mass is 275 g/mol. The van der Waals surface area contributed by atoms with E-state index in [0.717, 1.165) is 17.7 Å². The summed E-state index contributed by atoms with van der Waals surface area (Å²) in [6.45, 7) is 5.94. The highest BCUT2D eigenvalue weighted by Crippen LogP contribution is 2.29. The van der Waals surface area contributed by atoms with Crippen molar-refractivity contribution in [2.75, 3.05) is 7.05 Å². The number of carbonyl (C=O) groups is 2. The van der Waals surface area contributed by atoms with Crippen molar-refractivity contribution >= 4 is 11.8 Å². The third kappa shape index (κ3) is 2.92. The third-order valence-corrected chi connectivity index (χ3v) is 3.60. The Morgan fingerprint density at radius 1 is 1.30 bits per heavy atom. The average molecular weight is 275 g/mol. The van der Waals surface area contributed by atoms with Crippen molar-refractivity contribution < 1.29 is 9.59 Å². The molecule has 2 aliphatic rings. The second-order valence-corrected chi connectivity index (χ2v) is 5.55. The van der Waals surface area contributed by atoms with Crippen LogP contribution in [-0.4, -0.2) is 24.9 Å². The standard InChI is InChI=1S/C15H21N3O2/c1-8(2)13-11(15(20)16-4)6-10(7-17-13)14(19)18-12-5-9(12)3/h6-7,9,12,17H,5H2,1-4H3,(H,16,20)(H,18,19)/t9?,12-/m1/s1. The normalized spacial score (nSPS) is 24.1. The van der Waals surface area contributed by atoms with Crippen LogP contribution in [-0.2, 0) is 9.59 Å². The van der Waals surface area contributed by atoms with E-state index < -0.39 is 0 Å². The first kappa shape index (κ1) is 14.4. The molecule has 108 valence electrons. The summed E-state index contributed by atoms with van der Waals surface area (Å²) in [5, 5.41) is 8.60. The van der Waals surface area contributed by atoms with Gasteiger partial charge in [-0.1, -0.05) is 12.5 Å². The summed E-state index contributed by atoms with van der Waals surface area (Å²) in [5.74, 6) is 0.208. The van der Waals surface area contributed by atoms with Gasteiger partial charge in [-0.15, -0.1) is 0 Å². The lowest BCUT2D eigenvalue weighted by atomic mass is 10.0. The van der Waals surface area contributed by atoms with E-state index in [1.165, 1.54) is 0 Å². The Morgan fingerprint density at radius 2 is 1.95 bits per heavy atom. The highest BCUT2D eigenvalue weighted by Gasteiger charge is 2.34. The van der Waals surface area contributed by atoms with Crippen LogP contribution >= 0.6 is 0 Å². The van der Waals surface area contributed by atoms with Gasteiger partial charge in [0.05, 0.1) is 11.1 Å². The minimum absolute atomic E-state index is 0.138. The Hall–Kier alpha value is -2.04. The van der Waals surface area contributed by atoms with Crippen molar-refractivity contribution in [3.63, 3.8) is 0 Å². The van der Waals surface area contributed by atoms with Crippen LogP contribution in [0.2, 0.25) is 0 Å². The number of rotatable bonds is 3. The highest BCUT2D eigenvalue weighted by molar-refractivity contribution is 6.04. The molecular weight excluding hydrogens is 254 g/mol. The van der Waals surface area contributed by atoms with Gasteiger partial charge in [0.1, 0.15) is 0 Å². The van der Waals surface area contributed by atoms with Crippen molar-refractivity contribution in [1.29, 1.82) is 0 Å². The van der Waals surface area contributed by atoms with Crippen LogP contribution in [0.3, 0.4) is 0 Å². The van der Waals surface area contributed by atoms with Crippen molar-refractivity contribution in [3.8, 4) is 0 Å². The third-order valence-electron chi connectivity index (χ3n) is 3.60. The summed E-state index contributed by atoms with van der Waals surface area (Å²) in [4.78, 5) is 24.0. The molecule has 3 N–H and O–H groups in total. The van der Waals surface area contributed by atoms with Gasteiger partial charge in [-0.2, -0.15) is 0 Å². The van der Waals surface area contributed by atoms with Crippen LogP contribution in [0.15, 0.2) is 34.7 Å². The largest absolute Gasteiger partial charge is 0.360 e. The van der Waals surface area contributed by atoms with E-state index in [4.69, 9.17) is 0 Å². The first-order valence-electron chi connectivity index (χ1n) is 6.83. The molecule has 5 heteroatoms. The molecule has 1 heterocycles. The number of carbonyl (C=O) groups excluding carboxylic acids is 2. The summed E-state index contributed by atoms with van der Waals surface area (Å²) in [6, 6.07) is 0.269. The number of hydrogen-bond donors (Lipinski definition) is 3. The number of hydrogen-bond acceptors (Lipinski definition) is 3. The predicted molar refractivity (Wildman–Crippen MR) is 77.5 cm³/mol. The van der Waals surface area contributed by atoms with Gasteiger partial charge in [0.2, 0.25) is 0 Å². The first-order chi connectivity index (χ1) is 9.43. The maximum atomic E-state index is 12.1. The Labute approximate surface area is 119 Å². The van der Waals surface area contributed by atoms with E-state index in [-0.39, 0.29) is 17.9 Å². The van der Waals surface area contributed by atoms with Gasteiger partial charge < -0.3 is 16.0 Å². The molecule has 1 aliphatic heterocycles. The fourth-order valence-corrected chi connectivity index (χ4v) is 2.13. The number of allylic oxidation sites excluding steroid dienone is 1. The van der Waals surface area contributed by atoms with Gasteiger partial charge in [-0.05, 0) is 32.3 Å². The molecule has 0 radical (unpaired) electrons. The van der Waals surface area contributed by atoms with Gasteiger partial charge >= 0.3 is 0 Å². The van der Waals surface area contributed by atoms with Crippen molar-refractivity contribution in [2.45, 2.75) is 33.2 Å². The molecule has 0 bridgehead atoms. The first-order valence-corrected chi connectivity index (χ1v) is 6.83. The van der Waals surface area contributed by atoms with Gasteiger partial charge in [0.15, 0.2) is 0 Å². The lowest BCUT2D eigenvalue weighted by molar-refractivity contribution is -0.117. The Balaban J connectivity index is 2.20. The molecule has 1 saturated carbocycles. The van der Waals surface area contributed by atoms with Gasteiger partial charge in [0, 0.05) is 25.0 Å². The van der Waals surface area contributed by atoms with Crippen LogP contribution < -0.4 is 16.0 Å². The van der Waals surface area contributed by atoms with Crippen LogP contribution in [0.4, 0.5) is 0 Å². The summed E-state index contributed by atoms with van der Waals surface area (Å²) < 4.78 is 0. The minimum Gasteiger partial charge on any atom is -0.360 e. The SMILES string of the molecule is CNC(=O)C1=CC(C(=O)N[C@@H]2CC2C)=CNC1=C(C)C. The van der Waals surface area contributed by atoms with Crippen LogP contribution in [0, 0.1) is 5.92 Å². The topological polar surface area (TPSA) is 70.2 Å².